The third-order valence-electron chi connectivity index (χ3n) is 4.91. The number of hydrogen-bond donors (Lipinski definition) is 2. The van der Waals surface area contributed by atoms with E-state index >= 15 is 0 Å². The standard InChI is InChI=1S/C19H17N5O8/c1-19(11-3-5-12(6-4-11)23(28)29)17(26)22(18(27)21-19)10-16(25)20-14-8-7-13(32-2)9-15(14)24(30)31/h3-9H,10H2,1-2H3,(H,20,25)(H,21,27). The van der Waals surface area contributed by atoms with Gasteiger partial charge in [-0.15, -0.1) is 0 Å². The molecule has 4 amide bonds. The highest BCUT2D eigenvalue weighted by molar-refractivity contribution is 6.10. The third-order valence-corrected chi connectivity index (χ3v) is 4.91. The van der Waals surface area contributed by atoms with Crippen molar-refractivity contribution in [2.24, 2.45) is 0 Å². The molecule has 0 spiro atoms. The molecule has 1 saturated heterocycles. The maximum Gasteiger partial charge on any atom is 0.325 e. The summed E-state index contributed by atoms with van der Waals surface area (Å²) in [5.41, 5.74) is -2.00. The molecule has 3 rings (SSSR count). The van der Waals surface area contributed by atoms with Gasteiger partial charge in [0.1, 0.15) is 23.5 Å². The topological polar surface area (TPSA) is 174 Å². The Balaban J connectivity index is 1.78. The Kier molecular flexibility index (Phi) is 5.74. The predicted molar refractivity (Wildman–Crippen MR) is 109 cm³/mol. The molecule has 1 aliphatic rings. The summed E-state index contributed by atoms with van der Waals surface area (Å²) in [6, 6.07) is 7.99. The number of carbonyl (C=O) groups is 3. The SMILES string of the molecule is COc1ccc(NC(=O)CN2C(=O)NC(C)(c3ccc([N+](=O)[O-])cc3)C2=O)c([N+](=O)[O-])c1. The lowest BCUT2D eigenvalue weighted by molar-refractivity contribution is -0.384. The predicted octanol–water partition coefficient (Wildman–Crippen LogP) is 1.92. The molecule has 1 atom stereocenters. The Morgan fingerprint density at radius 1 is 1.12 bits per heavy atom. The van der Waals surface area contributed by atoms with E-state index in [4.69, 9.17) is 4.74 Å². The number of anilines is 1. The van der Waals surface area contributed by atoms with E-state index in [1.165, 1.54) is 50.4 Å². The molecule has 1 fully saturated rings. The molecule has 1 unspecified atom stereocenters. The molecule has 2 aromatic carbocycles. The molecule has 0 radical (unpaired) electrons. The van der Waals surface area contributed by atoms with E-state index in [9.17, 15) is 34.6 Å². The average Bonchev–Trinajstić information content (AvgIpc) is 2.97. The quantitative estimate of drug-likeness (QED) is 0.371. The van der Waals surface area contributed by atoms with Crippen LogP contribution in [0, 0.1) is 20.2 Å². The number of nitro benzene ring substituents is 2. The minimum atomic E-state index is -1.54. The molecule has 2 N–H and O–H groups in total. The summed E-state index contributed by atoms with van der Waals surface area (Å²) >= 11 is 0. The summed E-state index contributed by atoms with van der Waals surface area (Å²) in [5.74, 6) is -1.38. The normalized spacial score (nSPS) is 17.6. The third kappa shape index (κ3) is 4.03. The number of ether oxygens (including phenoxy) is 1. The molecule has 166 valence electrons. The van der Waals surface area contributed by atoms with Gasteiger partial charge in [0, 0.05) is 12.1 Å². The van der Waals surface area contributed by atoms with Crippen molar-refractivity contribution in [2.45, 2.75) is 12.5 Å². The fourth-order valence-electron chi connectivity index (χ4n) is 3.18. The minimum absolute atomic E-state index is 0.133. The van der Waals surface area contributed by atoms with Gasteiger partial charge in [-0.25, -0.2) is 4.79 Å². The van der Waals surface area contributed by atoms with Crippen molar-refractivity contribution in [1.82, 2.24) is 10.2 Å². The summed E-state index contributed by atoms with van der Waals surface area (Å²) < 4.78 is 4.93. The van der Waals surface area contributed by atoms with Crippen molar-refractivity contribution in [3.8, 4) is 5.75 Å². The maximum atomic E-state index is 12.9. The first-order valence-electron chi connectivity index (χ1n) is 9.08. The van der Waals surface area contributed by atoms with Crippen LogP contribution in [0.15, 0.2) is 42.5 Å². The molecule has 1 aliphatic heterocycles. The van der Waals surface area contributed by atoms with E-state index in [1.54, 1.807) is 0 Å². The van der Waals surface area contributed by atoms with Gasteiger partial charge in [-0.1, -0.05) is 0 Å². The summed E-state index contributed by atoms with van der Waals surface area (Å²) in [6.45, 7) is 0.705. The Hall–Kier alpha value is -4.55. The first kappa shape index (κ1) is 22.1. The van der Waals surface area contributed by atoms with Crippen molar-refractivity contribution in [2.75, 3.05) is 19.0 Å². The number of amides is 4. The van der Waals surface area contributed by atoms with Gasteiger partial charge in [0.15, 0.2) is 0 Å². The number of nitrogens with one attached hydrogen (secondary N) is 2. The highest BCUT2D eigenvalue weighted by atomic mass is 16.6. The molecule has 0 aliphatic carbocycles. The largest absolute Gasteiger partial charge is 0.496 e. The lowest BCUT2D eigenvalue weighted by Gasteiger charge is -2.22. The molecule has 0 aromatic heterocycles. The molecule has 1 heterocycles. The van der Waals surface area contributed by atoms with Crippen molar-refractivity contribution < 1.29 is 29.0 Å². The van der Waals surface area contributed by atoms with Crippen LogP contribution < -0.4 is 15.4 Å². The van der Waals surface area contributed by atoms with Crippen LogP contribution in [0.2, 0.25) is 0 Å². The van der Waals surface area contributed by atoms with Crippen LogP contribution in [-0.4, -0.2) is 46.2 Å². The van der Waals surface area contributed by atoms with E-state index in [2.05, 4.69) is 10.6 Å². The number of imide groups is 1. The number of rotatable bonds is 7. The Morgan fingerprint density at radius 2 is 1.78 bits per heavy atom. The van der Waals surface area contributed by atoms with Gasteiger partial charge in [-0.2, -0.15) is 0 Å². The average molecular weight is 443 g/mol. The fraction of sp³-hybridized carbons (Fsp3) is 0.211. The van der Waals surface area contributed by atoms with Crippen molar-refractivity contribution in [3.63, 3.8) is 0 Å². The summed E-state index contributed by atoms with van der Waals surface area (Å²) in [4.78, 5) is 59.2. The van der Waals surface area contributed by atoms with Crippen LogP contribution >= 0.6 is 0 Å². The van der Waals surface area contributed by atoms with Gasteiger partial charge in [0.2, 0.25) is 5.91 Å². The van der Waals surface area contributed by atoms with Crippen LogP contribution in [-0.2, 0) is 15.1 Å². The molecule has 32 heavy (non-hydrogen) atoms. The van der Waals surface area contributed by atoms with Gasteiger partial charge in [-0.05, 0) is 36.8 Å². The second kappa shape index (κ2) is 8.29. The molecule has 0 bridgehead atoms. The van der Waals surface area contributed by atoms with Crippen LogP contribution in [0.1, 0.15) is 12.5 Å². The van der Waals surface area contributed by atoms with E-state index in [1.807, 2.05) is 0 Å². The van der Waals surface area contributed by atoms with Gasteiger partial charge >= 0.3 is 6.03 Å². The molecule has 0 saturated carbocycles. The maximum absolute atomic E-state index is 12.9. The molecule has 2 aromatic rings. The lowest BCUT2D eigenvalue weighted by Crippen LogP contribution is -2.42. The van der Waals surface area contributed by atoms with Crippen molar-refractivity contribution in [1.29, 1.82) is 0 Å². The van der Waals surface area contributed by atoms with Gasteiger partial charge in [-0.3, -0.25) is 34.7 Å². The number of benzene rings is 2. The zero-order valence-electron chi connectivity index (χ0n) is 16.9. The van der Waals surface area contributed by atoms with Crippen LogP contribution in [0.3, 0.4) is 0 Å². The van der Waals surface area contributed by atoms with E-state index in [-0.39, 0.29) is 22.7 Å². The van der Waals surface area contributed by atoms with E-state index in [0.717, 1.165) is 6.07 Å². The number of non-ortho nitro benzene ring substituents is 1. The first-order chi connectivity index (χ1) is 15.1. The lowest BCUT2D eigenvalue weighted by atomic mass is 9.92. The number of hydrogen-bond acceptors (Lipinski definition) is 8. The molecule has 13 nitrogen and oxygen atoms in total. The highest BCUT2D eigenvalue weighted by Gasteiger charge is 2.49. The number of nitro groups is 2. The van der Waals surface area contributed by atoms with Crippen LogP contribution in [0.25, 0.3) is 0 Å². The number of urea groups is 1. The zero-order chi connectivity index (χ0) is 23.6. The first-order valence-corrected chi connectivity index (χ1v) is 9.08. The second-order valence-electron chi connectivity index (χ2n) is 6.94. The van der Waals surface area contributed by atoms with Crippen LogP contribution in [0.5, 0.6) is 5.75 Å². The fourth-order valence-corrected chi connectivity index (χ4v) is 3.18. The zero-order valence-corrected chi connectivity index (χ0v) is 16.9. The monoisotopic (exact) mass is 443 g/mol. The van der Waals surface area contributed by atoms with Gasteiger partial charge in [0.25, 0.3) is 17.3 Å². The molecular formula is C19H17N5O8. The van der Waals surface area contributed by atoms with Crippen LogP contribution in [0.4, 0.5) is 21.9 Å². The second-order valence-corrected chi connectivity index (χ2v) is 6.94. The number of methoxy groups -OCH3 is 1. The molecule has 13 heteroatoms. The molecular weight excluding hydrogens is 426 g/mol. The summed E-state index contributed by atoms with van der Waals surface area (Å²) in [7, 11) is 1.33. The smallest absolute Gasteiger partial charge is 0.325 e. The van der Waals surface area contributed by atoms with E-state index in [0.29, 0.717) is 4.90 Å². The minimum Gasteiger partial charge on any atom is -0.496 e. The van der Waals surface area contributed by atoms with Gasteiger partial charge < -0.3 is 15.4 Å². The van der Waals surface area contributed by atoms with Crippen molar-refractivity contribution in [3.05, 3.63) is 68.3 Å². The number of carbonyl (C=O) groups excluding carboxylic acids is 3. The van der Waals surface area contributed by atoms with Gasteiger partial charge in [0.05, 0.1) is 23.0 Å². The van der Waals surface area contributed by atoms with Crippen molar-refractivity contribution >= 4 is 34.9 Å². The Morgan fingerprint density at radius 3 is 2.34 bits per heavy atom. The Labute approximate surface area is 180 Å². The highest BCUT2D eigenvalue weighted by Crippen LogP contribution is 2.31. The summed E-state index contributed by atoms with van der Waals surface area (Å²) in [5, 5.41) is 26.9. The number of nitrogens with zero attached hydrogens (tertiary/aromatic N) is 3. The van der Waals surface area contributed by atoms with E-state index < -0.39 is 45.5 Å². The summed E-state index contributed by atoms with van der Waals surface area (Å²) in [6.07, 6.45) is 0. The Bertz CT molecular complexity index is 1130.